The standard InChI is InChI=1S/2C25H29N3O6.Mg/c2*1-2-32-21(25(30)31)15-17-7-9-18(10-8-17)33-14-12-28-23(22-16-26-11-13-34-22)27-20-6-4-3-5-19(20)24(28)29;/h2*3-10,21-22,26H,2,11-16H2,1H3,(H,30,31);/q;;+2/p-2. The molecule has 4 unspecified atom stereocenters. The molecule has 2 aromatic heterocycles. The summed E-state index contributed by atoms with van der Waals surface area (Å²) < 4.78 is 37.1. The average molecular weight is 957 g/mol. The summed E-state index contributed by atoms with van der Waals surface area (Å²) in [4.78, 5) is 58.3. The van der Waals surface area contributed by atoms with Crippen LogP contribution in [0.5, 0.6) is 11.5 Å². The predicted molar refractivity (Wildman–Crippen MR) is 253 cm³/mol. The summed E-state index contributed by atoms with van der Waals surface area (Å²) in [5, 5.41) is 30.0. The van der Waals surface area contributed by atoms with Crippen LogP contribution in [0.15, 0.2) is 107 Å². The van der Waals surface area contributed by atoms with Gasteiger partial charge in [0.15, 0.2) is 0 Å². The van der Waals surface area contributed by atoms with Crippen molar-refractivity contribution in [2.24, 2.45) is 0 Å². The van der Waals surface area contributed by atoms with E-state index in [-0.39, 0.29) is 72.4 Å². The van der Waals surface area contributed by atoms with Crippen LogP contribution in [0, 0.1) is 0 Å². The summed E-state index contributed by atoms with van der Waals surface area (Å²) in [5.74, 6) is -0.0690. The maximum Gasteiger partial charge on any atom is 2.00 e. The molecule has 0 bridgehead atoms. The van der Waals surface area contributed by atoms with Crippen LogP contribution in [0.4, 0.5) is 0 Å². The second-order valence-electron chi connectivity index (χ2n) is 15.9. The zero-order valence-electron chi connectivity index (χ0n) is 38.8. The van der Waals surface area contributed by atoms with Crippen molar-refractivity contribution < 1.29 is 48.2 Å². The van der Waals surface area contributed by atoms with Gasteiger partial charge in [0.05, 0.1) is 60.0 Å². The van der Waals surface area contributed by atoms with E-state index in [2.05, 4.69) is 10.6 Å². The van der Waals surface area contributed by atoms with Crippen molar-refractivity contribution in [2.75, 3.05) is 65.8 Å². The molecule has 2 fully saturated rings. The Morgan fingerprint density at radius 2 is 1.03 bits per heavy atom. The Morgan fingerprint density at radius 3 is 1.38 bits per heavy atom. The van der Waals surface area contributed by atoms with E-state index >= 15 is 0 Å². The van der Waals surface area contributed by atoms with Gasteiger partial charge in [-0.2, -0.15) is 0 Å². The second-order valence-corrected chi connectivity index (χ2v) is 15.9. The van der Waals surface area contributed by atoms with Crippen molar-refractivity contribution in [3.05, 3.63) is 141 Å². The summed E-state index contributed by atoms with van der Waals surface area (Å²) >= 11 is 0. The smallest absolute Gasteiger partial charge is 0.547 e. The zero-order chi connectivity index (χ0) is 47.8. The number of carboxylic acid groups (broad SMARTS) is 2. The minimum atomic E-state index is -1.23. The summed E-state index contributed by atoms with van der Waals surface area (Å²) in [6.07, 6.45) is -2.17. The van der Waals surface area contributed by atoms with Gasteiger partial charge in [-0.15, -0.1) is 0 Å². The number of carbonyl (C=O) groups is 2. The fourth-order valence-electron chi connectivity index (χ4n) is 7.96. The SMILES string of the molecule is CCOC(Cc1ccc(OCCn2c(C3CNCCO3)nc3ccccc3c2=O)cc1)C(=O)[O-].CCOC(Cc1ccc(OCCn2c(C3CNCCO3)nc3ccccc3c2=O)cc1)C(=O)[O-].[Mg+2]. The number of rotatable bonds is 20. The molecule has 4 aromatic carbocycles. The van der Waals surface area contributed by atoms with E-state index in [0.717, 1.165) is 24.2 Å². The maximum atomic E-state index is 13.2. The van der Waals surface area contributed by atoms with Crippen LogP contribution in [-0.2, 0) is 54.5 Å². The summed E-state index contributed by atoms with van der Waals surface area (Å²) in [6, 6.07) is 28.8. The van der Waals surface area contributed by atoms with Crippen molar-refractivity contribution in [1.82, 2.24) is 29.7 Å². The number of morpholine rings is 2. The molecule has 0 radical (unpaired) electrons. The first-order valence-electron chi connectivity index (χ1n) is 22.8. The van der Waals surface area contributed by atoms with Crippen LogP contribution in [0.2, 0.25) is 0 Å². The topological polar surface area (TPSA) is 229 Å². The van der Waals surface area contributed by atoms with E-state index in [0.29, 0.717) is 97.6 Å². The fourth-order valence-corrected chi connectivity index (χ4v) is 7.96. The van der Waals surface area contributed by atoms with E-state index in [1.165, 1.54) is 0 Å². The molecule has 2 N–H and O–H groups in total. The van der Waals surface area contributed by atoms with Crippen molar-refractivity contribution in [1.29, 1.82) is 0 Å². The van der Waals surface area contributed by atoms with Crippen LogP contribution < -0.4 is 41.4 Å². The van der Waals surface area contributed by atoms with Gasteiger partial charge in [-0.3, -0.25) is 18.7 Å². The third-order valence-corrected chi connectivity index (χ3v) is 11.3. The molecule has 18 nitrogen and oxygen atoms in total. The van der Waals surface area contributed by atoms with E-state index in [9.17, 15) is 29.4 Å². The van der Waals surface area contributed by atoms with Gasteiger partial charge in [0.1, 0.15) is 60.8 Å². The molecule has 2 saturated heterocycles. The third kappa shape index (κ3) is 14.2. The Morgan fingerprint density at radius 1 is 0.638 bits per heavy atom. The van der Waals surface area contributed by atoms with Gasteiger partial charge in [-0.1, -0.05) is 48.5 Å². The molecular weight excluding hydrogens is 901 g/mol. The molecule has 4 heterocycles. The van der Waals surface area contributed by atoms with Crippen LogP contribution in [0.3, 0.4) is 0 Å². The number of hydrogen-bond donors (Lipinski definition) is 2. The number of aromatic nitrogens is 4. The number of aliphatic carboxylic acids is 2. The van der Waals surface area contributed by atoms with Gasteiger partial charge in [0.25, 0.3) is 11.1 Å². The van der Waals surface area contributed by atoms with Crippen molar-refractivity contribution >= 4 is 56.8 Å². The number of benzene rings is 4. The van der Waals surface area contributed by atoms with Gasteiger partial charge in [-0.25, -0.2) is 9.97 Å². The molecule has 8 rings (SSSR count). The zero-order valence-corrected chi connectivity index (χ0v) is 40.3. The summed E-state index contributed by atoms with van der Waals surface area (Å²) in [6.45, 7) is 9.02. The molecule has 69 heavy (non-hydrogen) atoms. The average Bonchev–Trinajstić information content (AvgIpc) is 3.36. The van der Waals surface area contributed by atoms with Gasteiger partial charge in [0, 0.05) is 52.2 Å². The molecule has 0 amide bonds. The maximum absolute atomic E-state index is 13.2. The fraction of sp³-hybridized carbons (Fsp3) is 0.400. The van der Waals surface area contributed by atoms with Crippen LogP contribution in [-0.4, -0.2) is 132 Å². The molecule has 0 aliphatic carbocycles. The van der Waals surface area contributed by atoms with Crippen molar-refractivity contribution in [2.45, 2.75) is 64.2 Å². The molecular formula is C50H56MgN6O12. The van der Waals surface area contributed by atoms with Crippen molar-refractivity contribution in [3.8, 4) is 11.5 Å². The molecule has 360 valence electrons. The molecule has 19 heteroatoms. The molecule has 0 spiro atoms. The molecule has 2 aliphatic rings. The summed E-state index contributed by atoms with van der Waals surface area (Å²) in [5.41, 5.74) is 2.64. The number of ether oxygens (including phenoxy) is 6. The Kier molecular flexibility index (Phi) is 20.0. The largest absolute Gasteiger partial charge is 2.00 e. The summed E-state index contributed by atoms with van der Waals surface area (Å²) in [7, 11) is 0. The second kappa shape index (κ2) is 26.3. The number of hydrogen-bond acceptors (Lipinski definition) is 16. The quantitative estimate of drug-likeness (QED) is 0.103. The van der Waals surface area contributed by atoms with Crippen molar-refractivity contribution in [3.63, 3.8) is 0 Å². The first-order valence-corrected chi connectivity index (χ1v) is 22.8. The monoisotopic (exact) mass is 956 g/mol. The van der Waals surface area contributed by atoms with E-state index in [4.69, 9.17) is 38.4 Å². The minimum absolute atomic E-state index is 0. The van der Waals surface area contributed by atoms with Crippen LogP contribution >= 0.6 is 0 Å². The number of carboxylic acids is 2. The van der Waals surface area contributed by atoms with E-state index in [1.807, 2.05) is 36.4 Å². The Hall–Kier alpha value is -5.77. The molecule has 4 atom stereocenters. The predicted octanol–water partition coefficient (Wildman–Crippen LogP) is 1.29. The Labute approximate surface area is 415 Å². The number of carbonyl (C=O) groups excluding carboxylic acids is 2. The Bertz CT molecular complexity index is 2540. The first-order chi connectivity index (χ1) is 33.1. The third-order valence-electron chi connectivity index (χ3n) is 11.3. The van der Waals surface area contributed by atoms with Crippen LogP contribution in [0.25, 0.3) is 21.8 Å². The van der Waals surface area contributed by atoms with Gasteiger partial charge in [0.2, 0.25) is 0 Å². The molecule has 6 aromatic rings. The van der Waals surface area contributed by atoms with E-state index in [1.54, 1.807) is 83.6 Å². The first kappa shape index (κ1) is 52.6. The molecule has 0 saturated carbocycles. The minimum Gasteiger partial charge on any atom is -0.547 e. The van der Waals surface area contributed by atoms with E-state index < -0.39 is 24.1 Å². The normalized spacial score (nSPS) is 16.7. The molecule has 2 aliphatic heterocycles. The van der Waals surface area contributed by atoms with Gasteiger partial charge in [-0.05, 0) is 73.5 Å². The Balaban J connectivity index is 0.000000224. The van der Waals surface area contributed by atoms with Crippen LogP contribution in [0.1, 0.15) is 48.8 Å². The number of nitrogens with zero attached hydrogens (tertiary/aromatic N) is 4. The number of para-hydroxylation sites is 2. The van der Waals surface area contributed by atoms with Gasteiger partial charge < -0.3 is 58.9 Å². The number of fused-ring (bicyclic) bond motifs is 2. The van der Waals surface area contributed by atoms with Gasteiger partial charge >= 0.3 is 23.1 Å². The number of nitrogens with one attached hydrogen (secondary N) is 2.